The van der Waals surface area contributed by atoms with Crippen LogP contribution in [0.25, 0.3) is 0 Å². The van der Waals surface area contributed by atoms with E-state index in [9.17, 15) is 4.79 Å². The maximum absolute atomic E-state index is 11.5. The van der Waals surface area contributed by atoms with E-state index < -0.39 is 0 Å². The molecule has 1 aliphatic carbocycles. The van der Waals surface area contributed by atoms with Crippen molar-refractivity contribution < 1.29 is 4.79 Å². The molecule has 0 heterocycles. The average molecular weight is 224 g/mol. The molecule has 0 bridgehead atoms. The number of nitrogens with one attached hydrogen (secondary N) is 1. The van der Waals surface area contributed by atoms with E-state index in [4.69, 9.17) is 11.6 Å². The molecule has 1 amide bonds. The zero-order chi connectivity index (χ0) is 10.8. The van der Waals surface area contributed by atoms with Gasteiger partial charge >= 0.3 is 0 Å². The molecule has 1 aliphatic rings. The second-order valence-electron chi connectivity index (χ2n) is 4.16. The molecule has 2 atom stereocenters. The van der Waals surface area contributed by atoms with Crippen LogP contribution in [0.4, 0.5) is 0 Å². The van der Waals surface area contributed by atoms with Gasteiger partial charge in [0.1, 0.15) is 0 Å². The third-order valence-corrected chi connectivity index (χ3v) is 3.08. The Bertz CT molecular complexity index is 360. The van der Waals surface area contributed by atoms with E-state index in [1.54, 1.807) is 0 Å². The lowest BCUT2D eigenvalue weighted by molar-refractivity contribution is -0.122. The minimum Gasteiger partial charge on any atom is -0.352 e. The standard InChI is InChI=1S/C12H14ClNO/c1-8-6-11(8)12(15)14-7-9-2-4-10(13)5-3-9/h2-5,8,11H,6-7H2,1H3,(H,14,15)/t8-,11+/m0/s1. The number of carbonyl (C=O) groups is 1. The van der Waals surface area contributed by atoms with Gasteiger partial charge in [0, 0.05) is 17.5 Å². The van der Waals surface area contributed by atoms with Gasteiger partial charge in [-0.2, -0.15) is 0 Å². The summed E-state index contributed by atoms with van der Waals surface area (Å²) in [7, 11) is 0. The van der Waals surface area contributed by atoms with Gasteiger partial charge in [-0.1, -0.05) is 30.7 Å². The lowest BCUT2D eigenvalue weighted by Crippen LogP contribution is -2.24. The molecule has 1 aromatic rings. The second kappa shape index (κ2) is 4.23. The maximum Gasteiger partial charge on any atom is 0.223 e. The Labute approximate surface area is 94.6 Å². The normalized spacial score (nSPS) is 23.6. The molecule has 0 spiro atoms. The van der Waals surface area contributed by atoms with Crippen LogP contribution in [0, 0.1) is 11.8 Å². The fourth-order valence-corrected chi connectivity index (χ4v) is 1.74. The van der Waals surface area contributed by atoms with Crippen LogP contribution < -0.4 is 5.32 Å². The highest BCUT2D eigenvalue weighted by Gasteiger charge is 2.38. The largest absolute Gasteiger partial charge is 0.352 e. The fourth-order valence-electron chi connectivity index (χ4n) is 1.61. The third-order valence-electron chi connectivity index (χ3n) is 2.83. The van der Waals surface area contributed by atoms with Crippen LogP contribution in [0.2, 0.25) is 5.02 Å². The maximum atomic E-state index is 11.5. The van der Waals surface area contributed by atoms with Crippen molar-refractivity contribution >= 4 is 17.5 Å². The fraction of sp³-hybridized carbons (Fsp3) is 0.417. The summed E-state index contributed by atoms with van der Waals surface area (Å²) in [4.78, 5) is 11.5. The molecule has 2 rings (SSSR count). The summed E-state index contributed by atoms with van der Waals surface area (Å²) in [6.07, 6.45) is 1.03. The van der Waals surface area contributed by atoms with Gasteiger partial charge in [-0.3, -0.25) is 4.79 Å². The van der Waals surface area contributed by atoms with Crippen LogP contribution in [-0.2, 0) is 11.3 Å². The Hall–Kier alpha value is -1.02. The number of benzene rings is 1. The first-order valence-corrected chi connectivity index (χ1v) is 5.57. The lowest BCUT2D eigenvalue weighted by atomic mass is 10.2. The van der Waals surface area contributed by atoms with Crippen LogP contribution in [0.1, 0.15) is 18.9 Å². The van der Waals surface area contributed by atoms with E-state index in [1.165, 1.54) is 0 Å². The molecule has 0 aliphatic heterocycles. The van der Waals surface area contributed by atoms with Crippen molar-refractivity contribution in [1.29, 1.82) is 0 Å². The molecule has 3 heteroatoms. The molecule has 1 aromatic carbocycles. The summed E-state index contributed by atoms with van der Waals surface area (Å²) in [5.74, 6) is 0.991. The van der Waals surface area contributed by atoms with Crippen LogP contribution in [0.15, 0.2) is 24.3 Å². The summed E-state index contributed by atoms with van der Waals surface area (Å²) < 4.78 is 0. The van der Waals surface area contributed by atoms with E-state index in [-0.39, 0.29) is 11.8 Å². The molecule has 80 valence electrons. The first-order chi connectivity index (χ1) is 7.16. The topological polar surface area (TPSA) is 29.1 Å². The van der Waals surface area contributed by atoms with Crippen LogP contribution in [0.3, 0.4) is 0 Å². The van der Waals surface area contributed by atoms with Gasteiger partial charge in [0.25, 0.3) is 0 Å². The molecule has 0 radical (unpaired) electrons. The molecular formula is C12H14ClNO. The van der Waals surface area contributed by atoms with Gasteiger partial charge in [-0.15, -0.1) is 0 Å². The summed E-state index contributed by atoms with van der Waals surface area (Å²) in [6.45, 7) is 2.70. The van der Waals surface area contributed by atoms with Crippen molar-refractivity contribution in [3.63, 3.8) is 0 Å². The van der Waals surface area contributed by atoms with Crippen molar-refractivity contribution in [1.82, 2.24) is 5.32 Å². The molecule has 1 saturated carbocycles. The van der Waals surface area contributed by atoms with Crippen molar-refractivity contribution in [3.8, 4) is 0 Å². The average Bonchev–Trinajstić information content (AvgIpc) is 2.94. The number of hydrogen-bond acceptors (Lipinski definition) is 1. The zero-order valence-electron chi connectivity index (χ0n) is 8.66. The van der Waals surface area contributed by atoms with E-state index in [0.717, 1.165) is 17.0 Å². The Morgan fingerprint density at radius 2 is 2.07 bits per heavy atom. The number of carbonyl (C=O) groups excluding carboxylic acids is 1. The Balaban J connectivity index is 1.82. The number of amides is 1. The molecule has 1 N–H and O–H groups in total. The van der Waals surface area contributed by atoms with Gasteiger partial charge in [-0.25, -0.2) is 0 Å². The quantitative estimate of drug-likeness (QED) is 0.839. The Morgan fingerprint density at radius 3 is 2.60 bits per heavy atom. The highest BCUT2D eigenvalue weighted by atomic mass is 35.5. The van der Waals surface area contributed by atoms with Crippen LogP contribution in [-0.4, -0.2) is 5.91 Å². The number of halogens is 1. The van der Waals surface area contributed by atoms with Crippen molar-refractivity contribution in [2.24, 2.45) is 11.8 Å². The summed E-state index contributed by atoms with van der Waals surface area (Å²) >= 11 is 5.77. The van der Waals surface area contributed by atoms with E-state index in [1.807, 2.05) is 24.3 Å². The van der Waals surface area contributed by atoms with Gasteiger partial charge < -0.3 is 5.32 Å². The molecule has 2 nitrogen and oxygen atoms in total. The smallest absolute Gasteiger partial charge is 0.223 e. The Kier molecular flexibility index (Phi) is 2.96. The molecule has 0 unspecified atom stereocenters. The SMILES string of the molecule is C[C@H]1C[C@H]1C(=O)NCc1ccc(Cl)cc1. The van der Waals surface area contributed by atoms with Crippen LogP contribution >= 0.6 is 11.6 Å². The Morgan fingerprint density at radius 1 is 1.47 bits per heavy atom. The van der Waals surface area contributed by atoms with Gasteiger partial charge in [0.2, 0.25) is 5.91 Å². The third kappa shape index (κ3) is 2.72. The first kappa shape index (κ1) is 10.5. The van der Waals surface area contributed by atoms with Crippen molar-refractivity contribution in [2.75, 3.05) is 0 Å². The zero-order valence-corrected chi connectivity index (χ0v) is 9.42. The monoisotopic (exact) mass is 223 g/mol. The van der Waals surface area contributed by atoms with Gasteiger partial charge in [-0.05, 0) is 30.0 Å². The van der Waals surface area contributed by atoms with Crippen LogP contribution in [0.5, 0.6) is 0 Å². The molecule has 15 heavy (non-hydrogen) atoms. The minimum absolute atomic E-state index is 0.178. The highest BCUT2D eigenvalue weighted by Crippen LogP contribution is 2.37. The van der Waals surface area contributed by atoms with Crippen molar-refractivity contribution in [3.05, 3.63) is 34.9 Å². The molecule has 0 aromatic heterocycles. The number of rotatable bonds is 3. The second-order valence-corrected chi connectivity index (χ2v) is 4.60. The van der Waals surface area contributed by atoms with E-state index >= 15 is 0 Å². The van der Waals surface area contributed by atoms with Gasteiger partial charge in [0.15, 0.2) is 0 Å². The summed E-state index contributed by atoms with van der Waals surface area (Å²) in [6, 6.07) is 7.53. The predicted octanol–water partition coefficient (Wildman–Crippen LogP) is 2.61. The molecule has 1 fully saturated rings. The predicted molar refractivity (Wildman–Crippen MR) is 60.6 cm³/mol. The molecular weight excluding hydrogens is 210 g/mol. The molecule has 0 saturated heterocycles. The van der Waals surface area contributed by atoms with Gasteiger partial charge in [0.05, 0.1) is 0 Å². The van der Waals surface area contributed by atoms with E-state index in [2.05, 4.69) is 12.2 Å². The highest BCUT2D eigenvalue weighted by molar-refractivity contribution is 6.30. The first-order valence-electron chi connectivity index (χ1n) is 5.19. The van der Waals surface area contributed by atoms with E-state index in [0.29, 0.717) is 12.5 Å². The lowest BCUT2D eigenvalue weighted by Gasteiger charge is -2.04. The summed E-state index contributed by atoms with van der Waals surface area (Å²) in [5, 5.41) is 3.65. The minimum atomic E-state index is 0.178. The summed E-state index contributed by atoms with van der Waals surface area (Å²) in [5.41, 5.74) is 1.08. The number of hydrogen-bond donors (Lipinski definition) is 1. The van der Waals surface area contributed by atoms with Crippen molar-refractivity contribution in [2.45, 2.75) is 19.9 Å².